The fourth-order valence-electron chi connectivity index (χ4n) is 3.16. The number of benzene rings is 4. The molecule has 0 saturated heterocycles. The van der Waals surface area contributed by atoms with Crippen molar-refractivity contribution in [3.8, 4) is 11.1 Å². The summed E-state index contributed by atoms with van der Waals surface area (Å²) < 4.78 is 27.8. The van der Waals surface area contributed by atoms with E-state index < -0.39 is 15.9 Å². The largest absolute Gasteiger partial charge is 0.280 e. The smallest absolute Gasteiger partial charge is 0.271 e. The van der Waals surface area contributed by atoms with Crippen LogP contribution >= 0.6 is 11.6 Å². The maximum absolute atomic E-state index is 12.7. The number of hydrazone groups is 1. The second kappa shape index (κ2) is 10.3. The van der Waals surface area contributed by atoms with E-state index in [0.29, 0.717) is 10.7 Å². The van der Waals surface area contributed by atoms with Gasteiger partial charge in [-0.2, -0.15) is 5.10 Å². The molecule has 6 nitrogen and oxygen atoms in total. The summed E-state index contributed by atoms with van der Waals surface area (Å²) >= 11 is 5.84. The zero-order valence-corrected chi connectivity index (χ0v) is 19.4. The van der Waals surface area contributed by atoms with Crippen LogP contribution in [0.3, 0.4) is 0 Å². The van der Waals surface area contributed by atoms with Crippen molar-refractivity contribution in [2.45, 2.75) is 4.90 Å². The lowest BCUT2D eigenvalue weighted by Gasteiger charge is -2.09. The Bertz CT molecular complexity index is 1420. The molecule has 0 aliphatic rings. The summed E-state index contributed by atoms with van der Waals surface area (Å²) in [5, 5.41) is 4.48. The van der Waals surface area contributed by atoms with Gasteiger partial charge in [0, 0.05) is 16.3 Å². The van der Waals surface area contributed by atoms with Crippen LogP contribution in [0.4, 0.5) is 5.69 Å². The molecule has 0 saturated carbocycles. The molecule has 4 aromatic carbocycles. The van der Waals surface area contributed by atoms with Crippen LogP contribution in [-0.2, 0) is 10.0 Å². The first-order chi connectivity index (χ1) is 16.4. The highest BCUT2D eigenvalue weighted by Gasteiger charge is 2.16. The van der Waals surface area contributed by atoms with E-state index in [2.05, 4.69) is 15.2 Å². The fraction of sp³-hybridized carbons (Fsp3) is 0. The zero-order chi connectivity index (χ0) is 24.0. The maximum atomic E-state index is 12.7. The minimum atomic E-state index is -3.88. The summed E-state index contributed by atoms with van der Waals surface area (Å²) in [4.78, 5) is 12.4. The van der Waals surface area contributed by atoms with Gasteiger partial charge in [-0.1, -0.05) is 72.3 Å². The third kappa shape index (κ3) is 5.89. The maximum Gasteiger partial charge on any atom is 0.271 e. The molecular formula is C26H20ClN3O3S. The Hall–Kier alpha value is -3.94. The first-order valence-corrected chi connectivity index (χ1v) is 12.1. The average molecular weight is 490 g/mol. The molecule has 4 rings (SSSR count). The van der Waals surface area contributed by atoms with Gasteiger partial charge in [0.05, 0.1) is 11.1 Å². The van der Waals surface area contributed by atoms with Crippen molar-refractivity contribution >= 4 is 39.4 Å². The molecule has 0 atom stereocenters. The lowest BCUT2D eigenvalue weighted by Crippen LogP contribution is -2.19. The minimum Gasteiger partial charge on any atom is -0.280 e. The molecule has 0 aromatic heterocycles. The molecule has 170 valence electrons. The second-order valence-electron chi connectivity index (χ2n) is 7.33. The number of rotatable bonds is 7. The van der Waals surface area contributed by atoms with Gasteiger partial charge in [0.15, 0.2) is 0 Å². The quantitative estimate of drug-likeness (QED) is 0.263. The van der Waals surface area contributed by atoms with E-state index >= 15 is 0 Å². The van der Waals surface area contributed by atoms with Gasteiger partial charge in [0.1, 0.15) is 0 Å². The highest BCUT2D eigenvalue weighted by molar-refractivity contribution is 7.92. The highest BCUT2D eigenvalue weighted by atomic mass is 35.5. The van der Waals surface area contributed by atoms with Crippen LogP contribution in [0.15, 0.2) is 113 Å². The standard InChI is InChI=1S/C26H20ClN3O3S/c27-23-13-15-24(16-14-23)30-34(32,33)25-8-4-7-22(17-25)26(31)29-28-18-19-9-11-21(12-10-19)20-5-2-1-3-6-20/h1-18,30H,(H,29,31). The predicted molar refractivity (Wildman–Crippen MR) is 136 cm³/mol. The van der Waals surface area contributed by atoms with E-state index in [0.717, 1.165) is 16.7 Å². The number of amides is 1. The SMILES string of the molecule is O=C(NN=Cc1ccc(-c2ccccc2)cc1)c1cccc(S(=O)(=O)Nc2ccc(Cl)cc2)c1. The molecule has 0 heterocycles. The first-order valence-electron chi connectivity index (χ1n) is 10.3. The molecule has 0 fully saturated rings. The van der Waals surface area contributed by atoms with Crippen molar-refractivity contribution in [2.24, 2.45) is 5.10 Å². The molecule has 0 spiro atoms. The van der Waals surface area contributed by atoms with Crippen LogP contribution in [-0.4, -0.2) is 20.5 Å². The van der Waals surface area contributed by atoms with E-state index in [1.54, 1.807) is 24.3 Å². The van der Waals surface area contributed by atoms with Gasteiger partial charge in [-0.15, -0.1) is 0 Å². The van der Waals surface area contributed by atoms with Gasteiger partial charge in [0.25, 0.3) is 15.9 Å². The van der Waals surface area contributed by atoms with E-state index in [4.69, 9.17) is 11.6 Å². The van der Waals surface area contributed by atoms with Gasteiger partial charge >= 0.3 is 0 Å². The molecule has 4 aromatic rings. The Balaban J connectivity index is 1.41. The van der Waals surface area contributed by atoms with Gasteiger partial charge in [0.2, 0.25) is 0 Å². The zero-order valence-electron chi connectivity index (χ0n) is 17.9. The van der Waals surface area contributed by atoms with Crippen molar-refractivity contribution in [3.05, 3.63) is 119 Å². The lowest BCUT2D eigenvalue weighted by atomic mass is 10.0. The topological polar surface area (TPSA) is 87.6 Å². The third-order valence-corrected chi connectivity index (χ3v) is 6.53. The van der Waals surface area contributed by atoms with E-state index in [-0.39, 0.29) is 10.5 Å². The van der Waals surface area contributed by atoms with Crippen LogP contribution in [0.2, 0.25) is 5.02 Å². The van der Waals surface area contributed by atoms with E-state index in [1.165, 1.54) is 30.5 Å². The Kier molecular flexibility index (Phi) is 7.06. The van der Waals surface area contributed by atoms with Crippen LogP contribution in [0.25, 0.3) is 11.1 Å². The predicted octanol–water partition coefficient (Wildman–Crippen LogP) is 5.57. The molecule has 0 unspecified atom stereocenters. The van der Waals surface area contributed by atoms with Crippen LogP contribution in [0, 0.1) is 0 Å². The molecule has 0 aliphatic heterocycles. The van der Waals surface area contributed by atoms with Crippen molar-refractivity contribution in [1.82, 2.24) is 5.43 Å². The summed E-state index contributed by atoms with van der Waals surface area (Å²) in [6, 6.07) is 29.7. The van der Waals surface area contributed by atoms with Crippen molar-refractivity contribution in [2.75, 3.05) is 4.72 Å². The Labute approximate surface area is 203 Å². The summed E-state index contributed by atoms with van der Waals surface area (Å²) in [6.07, 6.45) is 1.52. The summed E-state index contributed by atoms with van der Waals surface area (Å²) in [7, 11) is -3.88. The number of halogens is 1. The summed E-state index contributed by atoms with van der Waals surface area (Å²) in [5.41, 5.74) is 5.95. The summed E-state index contributed by atoms with van der Waals surface area (Å²) in [6.45, 7) is 0. The van der Waals surface area contributed by atoms with Crippen molar-refractivity contribution in [3.63, 3.8) is 0 Å². The van der Waals surface area contributed by atoms with Crippen LogP contribution in [0.5, 0.6) is 0 Å². The number of carbonyl (C=O) groups is 1. The average Bonchev–Trinajstić information content (AvgIpc) is 2.86. The first kappa shape index (κ1) is 23.2. The Morgan fingerprint density at radius 1 is 0.794 bits per heavy atom. The van der Waals surface area contributed by atoms with E-state index in [9.17, 15) is 13.2 Å². The third-order valence-electron chi connectivity index (χ3n) is 4.90. The number of nitrogens with zero attached hydrogens (tertiary/aromatic N) is 1. The molecule has 8 heteroatoms. The number of hydrogen-bond acceptors (Lipinski definition) is 4. The summed E-state index contributed by atoms with van der Waals surface area (Å²) in [5.74, 6) is -0.527. The minimum absolute atomic E-state index is 0.0458. The number of carbonyl (C=O) groups excluding carboxylic acids is 1. The molecule has 34 heavy (non-hydrogen) atoms. The molecule has 2 N–H and O–H groups in total. The van der Waals surface area contributed by atoms with Gasteiger partial charge in [-0.25, -0.2) is 13.8 Å². The molecule has 1 amide bonds. The monoisotopic (exact) mass is 489 g/mol. The molecule has 0 bridgehead atoms. The van der Waals surface area contributed by atoms with Crippen molar-refractivity contribution < 1.29 is 13.2 Å². The fourth-order valence-corrected chi connectivity index (χ4v) is 4.39. The Morgan fingerprint density at radius 3 is 2.18 bits per heavy atom. The highest BCUT2D eigenvalue weighted by Crippen LogP contribution is 2.20. The van der Waals surface area contributed by atoms with Crippen molar-refractivity contribution in [1.29, 1.82) is 0 Å². The lowest BCUT2D eigenvalue weighted by molar-refractivity contribution is 0.0955. The molecule has 0 aliphatic carbocycles. The van der Waals surface area contributed by atoms with Gasteiger partial charge in [-0.05, 0) is 59.2 Å². The molecule has 0 radical (unpaired) electrons. The number of sulfonamides is 1. The number of anilines is 1. The van der Waals surface area contributed by atoms with Crippen LogP contribution in [0.1, 0.15) is 15.9 Å². The van der Waals surface area contributed by atoms with Gasteiger partial charge < -0.3 is 0 Å². The van der Waals surface area contributed by atoms with E-state index in [1.807, 2.05) is 54.6 Å². The van der Waals surface area contributed by atoms with Gasteiger partial charge in [-0.3, -0.25) is 9.52 Å². The molecular weight excluding hydrogens is 470 g/mol. The van der Waals surface area contributed by atoms with Crippen LogP contribution < -0.4 is 10.1 Å². The number of nitrogens with one attached hydrogen (secondary N) is 2. The number of hydrogen-bond donors (Lipinski definition) is 2. The normalized spacial score (nSPS) is 11.3. The second-order valence-corrected chi connectivity index (χ2v) is 9.45. The Morgan fingerprint density at radius 2 is 1.47 bits per heavy atom.